The molecule has 4 nitrogen and oxygen atoms in total. The van der Waals surface area contributed by atoms with Gasteiger partial charge in [-0.3, -0.25) is 4.79 Å². The average molecular weight is 298 g/mol. The van der Waals surface area contributed by atoms with E-state index in [9.17, 15) is 4.79 Å². The smallest absolute Gasteiger partial charge is 0.240 e. The number of rotatable bonds is 1. The highest BCUT2D eigenvalue weighted by Crippen LogP contribution is 2.14. The highest BCUT2D eigenvalue weighted by Gasteiger charge is 2.31. The van der Waals surface area contributed by atoms with E-state index in [-0.39, 0.29) is 30.9 Å². The topological polar surface area (TPSA) is 35.6 Å². The van der Waals surface area contributed by atoms with Crippen LogP contribution in [0.1, 0.15) is 26.2 Å². The summed E-state index contributed by atoms with van der Waals surface area (Å²) in [7, 11) is 2.12. The molecule has 2 saturated heterocycles. The van der Waals surface area contributed by atoms with Gasteiger partial charge in [-0.2, -0.15) is 0 Å². The molecule has 108 valence electrons. The van der Waals surface area contributed by atoms with E-state index in [4.69, 9.17) is 0 Å². The number of carbonyl (C=O) groups is 1. The van der Waals surface area contributed by atoms with Gasteiger partial charge < -0.3 is 15.1 Å². The molecule has 0 aromatic carbocycles. The van der Waals surface area contributed by atoms with Crippen LogP contribution in [0.15, 0.2) is 0 Å². The summed E-state index contributed by atoms with van der Waals surface area (Å²) in [4.78, 5) is 16.7. The Morgan fingerprint density at radius 3 is 2.50 bits per heavy atom. The summed E-state index contributed by atoms with van der Waals surface area (Å²) < 4.78 is 0. The molecule has 1 N–H and O–H groups in total. The van der Waals surface area contributed by atoms with Crippen LogP contribution in [0.25, 0.3) is 0 Å². The molecule has 0 spiro atoms. The van der Waals surface area contributed by atoms with Gasteiger partial charge in [0.05, 0.1) is 6.04 Å². The molecule has 2 aliphatic rings. The van der Waals surface area contributed by atoms with Crippen molar-refractivity contribution in [2.24, 2.45) is 0 Å². The molecule has 0 radical (unpaired) electrons. The van der Waals surface area contributed by atoms with Crippen molar-refractivity contribution in [1.29, 1.82) is 0 Å². The summed E-state index contributed by atoms with van der Waals surface area (Å²) >= 11 is 0. The van der Waals surface area contributed by atoms with Crippen LogP contribution < -0.4 is 5.32 Å². The van der Waals surface area contributed by atoms with Gasteiger partial charge in [-0.05, 0) is 33.4 Å². The molecule has 0 aliphatic carbocycles. The lowest BCUT2D eigenvalue weighted by molar-refractivity contribution is -0.138. The van der Waals surface area contributed by atoms with Gasteiger partial charge in [0, 0.05) is 25.7 Å². The van der Waals surface area contributed by atoms with Gasteiger partial charge in [0.25, 0.3) is 0 Å². The molecule has 2 unspecified atom stereocenters. The maximum atomic E-state index is 12.3. The molecule has 0 saturated carbocycles. The van der Waals surface area contributed by atoms with Gasteiger partial charge in [0.15, 0.2) is 0 Å². The summed E-state index contributed by atoms with van der Waals surface area (Å²) in [5.41, 5.74) is 0. The van der Waals surface area contributed by atoms with Crippen LogP contribution in [-0.2, 0) is 4.79 Å². The van der Waals surface area contributed by atoms with E-state index in [0.29, 0.717) is 11.9 Å². The number of amides is 1. The summed E-state index contributed by atoms with van der Waals surface area (Å²) in [5.74, 6) is 0.320. The Labute approximate surface area is 122 Å². The predicted molar refractivity (Wildman–Crippen MR) is 78.8 cm³/mol. The molecule has 0 bridgehead atoms. The number of piperazine rings is 1. The van der Waals surface area contributed by atoms with E-state index >= 15 is 0 Å². The first-order valence-electron chi connectivity index (χ1n) is 6.41. The van der Waals surface area contributed by atoms with E-state index in [0.717, 1.165) is 32.6 Å². The first kappa shape index (κ1) is 18.0. The van der Waals surface area contributed by atoms with Crippen molar-refractivity contribution >= 4 is 30.7 Å². The second-order valence-corrected chi connectivity index (χ2v) is 5.15. The lowest BCUT2D eigenvalue weighted by Gasteiger charge is -2.40. The zero-order valence-electron chi connectivity index (χ0n) is 11.2. The third kappa shape index (κ3) is 4.26. The first-order valence-corrected chi connectivity index (χ1v) is 6.41. The monoisotopic (exact) mass is 297 g/mol. The maximum absolute atomic E-state index is 12.3. The minimum absolute atomic E-state index is 0. The number of nitrogens with one attached hydrogen (secondary N) is 1. The highest BCUT2D eigenvalue weighted by molar-refractivity contribution is 5.85. The molecule has 2 rings (SSSR count). The number of halogens is 2. The molecule has 2 fully saturated rings. The van der Waals surface area contributed by atoms with Crippen molar-refractivity contribution in [3.05, 3.63) is 0 Å². The maximum Gasteiger partial charge on any atom is 0.240 e. The Morgan fingerprint density at radius 1 is 1.22 bits per heavy atom. The fraction of sp³-hybridized carbons (Fsp3) is 0.917. The Kier molecular flexibility index (Phi) is 8.19. The van der Waals surface area contributed by atoms with Crippen molar-refractivity contribution < 1.29 is 4.79 Å². The number of piperidine rings is 1. The number of hydrogen-bond acceptors (Lipinski definition) is 3. The van der Waals surface area contributed by atoms with Gasteiger partial charge in [0.1, 0.15) is 0 Å². The highest BCUT2D eigenvalue weighted by atomic mass is 35.5. The van der Waals surface area contributed by atoms with Crippen molar-refractivity contribution in [3.8, 4) is 0 Å². The summed E-state index contributed by atoms with van der Waals surface area (Å²) in [6, 6.07) is 0.439. The van der Waals surface area contributed by atoms with Crippen LogP contribution in [0.5, 0.6) is 0 Å². The Bertz CT molecular complexity index is 260. The van der Waals surface area contributed by atoms with Crippen LogP contribution in [-0.4, -0.2) is 61.0 Å². The van der Waals surface area contributed by atoms with Crippen molar-refractivity contribution in [3.63, 3.8) is 0 Å². The zero-order valence-corrected chi connectivity index (χ0v) is 12.9. The van der Waals surface area contributed by atoms with Crippen molar-refractivity contribution in [2.75, 3.05) is 33.2 Å². The largest absolute Gasteiger partial charge is 0.336 e. The predicted octanol–water partition coefficient (Wildman–Crippen LogP) is 1.13. The number of carbonyl (C=O) groups excluding carboxylic acids is 1. The normalized spacial score (nSPS) is 29.1. The molecule has 2 atom stereocenters. The van der Waals surface area contributed by atoms with E-state index < -0.39 is 0 Å². The molecule has 2 aliphatic heterocycles. The van der Waals surface area contributed by atoms with E-state index in [1.165, 1.54) is 12.8 Å². The third-order valence-electron chi connectivity index (χ3n) is 3.72. The Hall–Kier alpha value is -0.0300. The van der Waals surface area contributed by atoms with Crippen LogP contribution >= 0.6 is 24.8 Å². The van der Waals surface area contributed by atoms with E-state index in [2.05, 4.69) is 29.1 Å². The number of nitrogens with zero attached hydrogens (tertiary/aromatic N) is 2. The fourth-order valence-corrected chi connectivity index (χ4v) is 2.73. The average Bonchev–Trinajstić information content (AvgIpc) is 2.29. The molecule has 6 heteroatoms. The van der Waals surface area contributed by atoms with Gasteiger partial charge in [-0.25, -0.2) is 0 Å². The molecular formula is C12H25Cl2N3O. The fourth-order valence-electron chi connectivity index (χ4n) is 2.73. The van der Waals surface area contributed by atoms with Crippen LogP contribution in [0.3, 0.4) is 0 Å². The molecule has 0 aromatic heterocycles. The molecular weight excluding hydrogens is 273 g/mol. The van der Waals surface area contributed by atoms with Crippen molar-refractivity contribution in [2.45, 2.75) is 38.3 Å². The lowest BCUT2D eigenvalue weighted by atomic mass is 10.0. The first-order chi connectivity index (χ1) is 7.68. The summed E-state index contributed by atoms with van der Waals surface area (Å²) in [5, 5.41) is 3.34. The summed E-state index contributed by atoms with van der Waals surface area (Å²) in [6.45, 7) is 6.03. The lowest BCUT2D eigenvalue weighted by Crippen LogP contribution is -2.58. The Balaban J connectivity index is 0.00000144. The quantitative estimate of drug-likeness (QED) is 0.788. The molecule has 1 amide bonds. The standard InChI is InChI=1S/C12H23N3O.2ClH/c1-10-9-14(2)7-8-15(10)12(16)11-5-3-4-6-13-11;;/h10-11,13H,3-9H2,1-2H3;2*1H. The van der Waals surface area contributed by atoms with Crippen molar-refractivity contribution in [1.82, 2.24) is 15.1 Å². The van der Waals surface area contributed by atoms with E-state index in [1.54, 1.807) is 0 Å². The third-order valence-corrected chi connectivity index (χ3v) is 3.72. The summed E-state index contributed by atoms with van der Waals surface area (Å²) in [6.07, 6.45) is 3.41. The molecule has 0 aromatic rings. The Morgan fingerprint density at radius 2 is 1.94 bits per heavy atom. The van der Waals surface area contributed by atoms with Gasteiger partial charge in [0.2, 0.25) is 5.91 Å². The van der Waals surface area contributed by atoms with Crippen LogP contribution in [0.4, 0.5) is 0 Å². The second kappa shape index (κ2) is 8.20. The molecule has 18 heavy (non-hydrogen) atoms. The SMILES string of the molecule is CC1CN(C)CCN1C(=O)C1CCCCN1.Cl.Cl. The van der Waals surface area contributed by atoms with Gasteiger partial charge in [-0.1, -0.05) is 6.42 Å². The second-order valence-electron chi connectivity index (χ2n) is 5.15. The minimum atomic E-state index is 0. The number of hydrogen-bond donors (Lipinski definition) is 1. The van der Waals surface area contributed by atoms with Crippen LogP contribution in [0.2, 0.25) is 0 Å². The number of likely N-dealkylation sites (N-methyl/N-ethyl adjacent to an activating group) is 1. The van der Waals surface area contributed by atoms with E-state index in [1.807, 2.05) is 0 Å². The van der Waals surface area contributed by atoms with Gasteiger partial charge in [-0.15, -0.1) is 24.8 Å². The van der Waals surface area contributed by atoms with Crippen LogP contribution in [0, 0.1) is 0 Å². The zero-order chi connectivity index (χ0) is 11.5. The molecule has 2 heterocycles. The minimum Gasteiger partial charge on any atom is -0.336 e. The van der Waals surface area contributed by atoms with Gasteiger partial charge >= 0.3 is 0 Å².